The van der Waals surface area contributed by atoms with E-state index < -0.39 is 0 Å². The summed E-state index contributed by atoms with van der Waals surface area (Å²) in [5.41, 5.74) is 6.31. The van der Waals surface area contributed by atoms with E-state index >= 15 is 0 Å². The second-order valence-electron chi connectivity index (χ2n) is 8.81. The molecule has 6 aromatic rings. The van der Waals surface area contributed by atoms with Crippen LogP contribution in [-0.2, 0) is 0 Å². The molecule has 0 radical (unpaired) electrons. The van der Waals surface area contributed by atoms with E-state index in [0.29, 0.717) is 29.2 Å². The molecule has 0 bridgehead atoms. The van der Waals surface area contributed by atoms with Crippen LogP contribution in [0.15, 0.2) is 61.2 Å². The number of H-pyrrole nitrogens is 3. The lowest BCUT2D eigenvalue weighted by molar-refractivity contribution is 0.260. The normalized spacial score (nSPS) is 11.7. The third-order valence-corrected chi connectivity index (χ3v) is 6.03. The van der Waals surface area contributed by atoms with Crippen LogP contribution in [0.3, 0.4) is 0 Å². The lowest BCUT2D eigenvalue weighted by Crippen LogP contribution is -2.19. The molecule has 0 atom stereocenters. The predicted octanol–water partition coefficient (Wildman–Crippen LogP) is 4.64. The summed E-state index contributed by atoms with van der Waals surface area (Å²) >= 11 is 0. The van der Waals surface area contributed by atoms with E-state index in [1.807, 2.05) is 49.5 Å². The van der Waals surface area contributed by atoms with E-state index in [-0.39, 0.29) is 5.82 Å². The van der Waals surface area contributed by atoms with Crippen LogP contribution in [0, 0.1) is 5.82 Å². The van der Waals surface area contributed by atoms with Crippen LogP contribution in [-0.4, -0.2) is 67.5 Å². The van der Waals surface area contributed by atoms with Crippen molar-refractivity contribution in [2.75, 3.05) is 27.2 Å². The number of aromatic amines is 3. The van der Waals surface area contributed by atoms with E-state index in [1.165, 1.54) is 12.1 Å². The molecule has 10 heteroatoms. The fourth-order valence-electron chi connectivity index (χ4n) is 4.23. The molecule has 0 saturated carbocycles. The van der Waals surface area contributed by atoms with Gasteiger partial charge in [-0.15, -0.1) is 0 Å². The van der Waals surface area contributed by atoms with Gasteiger partial charge in [-0.3, -0.25) is 10.2 Å². The lowest BCUT2D eigenvalue weighted by Gasteiger charge is -2.12. The van der Waals surface area contributed by atoms with E-state index in [9.17, 15) is 4.39 Å². The van der Waals surface area contributed by atoms with Crippen molar-refractivity contribution >= 4 is 22.1 Å². The Morgan fingerprint density at radius 1 is 0.972 bits per heavy atom. The summed E-state index contributed by atoms with van der Waals surface area (Å²) in [5, 5.41) is 16.0. The standard InChI is InChI=1S/C26H23FN8O/c1-35(2)5-6-36-19-8-15(7-18(27)10-19)20-3-4-28-25-21(20)11-23(32-25)24-22-9-16(17-13-30-31-14-17)12-29-26(22)34-33-24/h3-4,7-14H,5-6H2,1-2H3,(H,28,32)(H,30,31)(H,29,33,34). The molecule has 0 fully saturated rings. The van der Waals surface area contributed by atoms with Gasteiger partial charge in [0.25, 0.3) is 0 Å². The first-order valence-electron chi connectivity index (χ1n) is 11.4. The molecule has 0 saturated heterocycles. The van der Waals surface area contributed by atoms with Crippen LogP contribution in [0.1, 0.15) is 0 Å². The fourth-order valence-corrected chi connectivity index (χ4v) is 4.23. The van der Waals surface area contributed by atoms with Crippen molar-refractivity contribution in [1.82, 2.24) is 40.2 Å². The zero-order valence-corrected chi connectivity index (χ0v) is 19.7. The topological polar surface area (TPSA) is 111 Å². The van der Waals surface area contributed by atoms with Gasteiger partial charge in [0.2, 0.25) is 0 Å². The number of ether oxygens (including phenoxy) is 1. The van der Waals surface area contributed by atoms with Gasteiger partial charge >= 0.3 is 0 Å². The van der Waals surface area contributed by atoms with Crippen molar-refractivity contribution in [1.29, 1.82) is 0 Å². The summed E-state index contributed by atoms with van der Waals surface area (Å²) in [5.74, 6) is 0.135. The minimum atomic E-state index is -0.356. The summed E-state index contributed by atoms with van der Waals surface area (Å²) in [6.45, 7) is 1.21. The Bertz CT molecular complexity index is 1670. The van der Waals surface area contributed by atoms with Crippen molar-refractivity contribution in [3.05, 3.63) is 67.0 Å². The van der Waals surface area contributed by atoms with Gasteiger partial charge in [0.1, 0.15) is 23.8 Å². The molecule has 180 valence electrons. The molecule has 0 spiro atoms. The Balaban J connectivity index is 1.41. The zero-order valence-electron chi connectivity index (χ0n) is 19.7. The van der Waals surface area contributed by atoms with Crippen molar-refractivity contribution in [2.45, 2.75) is 0 Å². The lowest BCUT2D eigenvalue weighted by atomic mass is 10.0. The van der Waals surface area contributed by atoms with Crippen LogP contribution in [0.4, 0.5) is 4.39 Å². The van der Waals surface area contributed by atoms with Gasteiger partial charge in [-0.25, -0.2) is 14.4 Å². The Kier molecular flexibility index (Phi) is 5.42. The number of fused-ring (bicyclic) bond motifs is 2. The van der Waals surface area contributed by atoms with Crippen molar-refractivity contribution in [3.8, 4) is 39.4 Å². The van der Waals surface area contributed by atoms with Crippen LogP contribution in [0.25, 0.3) is 55.7 Å². The average molecular weight is 483 g/mol. The third kappa shape index (κ3) is 4.07. The van der Waals surface area contributed by atoms with E-state index in [2.05, 4.69) is 35.3 Å². The van der Waals surface area contributed by atoms with Crippen LogP contribution >= 0.6 is 0 Å². The monoisotopic (exact) mass is 482 g/mol. The van der Waals surface area contributed by atoms with Gasteiger partial charge < -0.3 is 14.6 Å². The van der Waals surface area contributed by atoms with Gasteiger partial charge in [-0.2, -0.15) is 10.2 Å². The molecular formula is C26H23FN8O. The first kappa shape index (κ1) is 21.9. The number of halogens is 1. The SMILES string of the molecule is CN(C)CCOc1cc(F)cc(-c2ccnc3[nH]c(-c4[nH]nc5ncc(-c6cn[nH]c6)cc45)cc23)c1. The molecule has 0 aliphatic carbocycles. The highest BCUT2D eigenvalue weighted by atomic mass is 19.1. The molecule has 36 heavy (non-hydrogen) atoms. The number of hydrogen-bond donors (Lipinski definition) is 3. The van der Waals surface area contributed by atoms with Gasteiger partial charge in [-0.1, -0.05) is 0 Å². The fraction of sp³-hybridized carbons (Fsp3) is 0.154. The van der Waals surface area contributed by atoms with Crippen molar-refractivity contribution in [3.63, 3.8) is 0 Å². The minimum absolute atomic E-state index is 0.356. The van der Waals surface area contributed by atoms with Gasteiger partial charge in [-0.05, 0) is 55.6 Å². The number of pyridine rings is 2. The number of likely N-dealkylation sites (N-methyl/N-ethyl adjacent to an activating group) is 1. The van der Waals surface area contributed by atoms with Gasteiger partial charge in [0.05, 0.1) is 17.6 Å². The summed E-state index contributed by atoms with van der Waals surface area (Å²) in [7, 11) is 3.93. The summed E-state index contributed by atoms with van der Waals surface area (Å²) in [6.07, 6.45) is 7.04. The molecule has 0 aliphatic rings. The Morgan fingerprint density at radius 2 is 1.89 bits per heavy atom. The molecule has 0 amide bonds. The van der Waals surface area contributed by atoms with Gasteiger partial charge in [0.15, 0.2) is 5.65 Å². The summed E-state index contributed by atoms with van der Waals surface area (Å²) in [6, 6.07) is 10.7. The highest BCUT2D eigenvalue weighted by Gasteiger charge is 2.16. The number of benzene rings is 1. The van der Waals surface area contributed by atoms with Gasteiger partial charge in [0, 0.05) is 53.1 Å². The molecule has 9 nitrogen and oxygen atoms in total. The molecule has 3 N–H and O–H groups in total. The van der Waals surface area contributed by atoms with Crippen molar-refractivity contribution < 1.29 is 9.13 Å². The van der Waals surface area contributed by atoms with Crippen LogP contribution < -0.4 is 4.74 Å². The molecule has 1 aromatic carbocycles. The maximum Gasteiger partial charge on any atom is 0.181 e. The maximum atomic E-state index is 14.5. The first-order chi connectivity index (χ1) is 17.5. The molecule has 5 heterocycles. The number of nitrogens with zero attached hydrogens (tertiary/aromatic N) is 5. The Morgan fingerprint density at radius 3 is 2.72 bits per heavy atom. The number of rotatable bonds is 7. The second kappa shape index (κ2) is 8.90. The number of nitrogens with one attached hydrogen (secondary N) is 3. The van der Waals surface area contributed by atoms with E-state index in [0.717, 1.165) is 45.4 Å². The number of hydrogen-bond acceptors (Lipinski definition) is 6. The molecule has 0 aliphatic heterocycles. The minimum Gasteiger partial charge on any atom is -0.492 e. The van der Waals surface area contributed by atoms with Crippen LogP contribution in [0.2, 0.25) is 0 Å². The van der Waals surface area contributed by atoms with Crippen molar-refractivity contribution in [2.24, 2.45) is 0 Å². The second-order valence-corrected chi connectivity index (χ2v) is 8.81. The molecule has 5 aromatic heterocycles. The zero-order chi connectivity index (χ0) is 24.6. The molecule has 0 unspecified atom stereocenters. The Labute approximate surface area is 205 Å². The molecule has 6 rings (SSSR count). The largest absolute Gasteiger partial charge is 0.492 e. The average Bonchev–Trinajstić information content (AvgIpc) is 3.62. The first-order valence-corrected chi connectivity index (χ1v) is 11.4. The molecular weight excluding hydrogens is 459 g/mol. The van der Waals surface area contributed by atoms with E-state index in [4.69, 9.17) is 4.74 Å². The quantitative estimate of drug-likeness (QED) is 0.306. The summed E-state index contributed by atoms with van der Waals surface area (Å²) in [4.78, 5) is 14.4. The Hall–Kier alpha value is -4.57. The van der Waals surface area contributed by atoms with E-state index in [1.54, 1.807) is 18.6 Å². The highest BCUT2D eigenvalue weighted by molar-refractivity contribution is 5.99. The van der Waals surface area contributed by atoms with Crippen LogP contribution in [0.5, 0.6) is 5.75 Å². The predicted molar refractivity (Wildman–Crippen MR) is 136 cm³/mol. The maximum absolute atomic E-state index is 14.5. The number of aromatic nitrogens is 7. The smallest absolute Gasteiger partial charge is 0.181 e. The third-order valence-electron chi connectivity index (χ3n) is 6.03. The highest BCUT2D eigenvalue weighted by Crippen LogP contribution is 2.35. The summed E-state index contributed by atoms with van der Waals surface area (Å²) < 4.78 is 20.3.